The lowest BCUT2D eigenvalue weighted by molar-refractivity contribution is 0.985. The molecule has 0 rings (SSSR count). The summed E-state index contributed by atoms with van der Waals surface area (Å²) < 4.78 is 0. The van der Waals surface area contributed by atoms with Crippen molar-refractivity contribution < 1.29 is 0 Å². The van der Waals surface area contributed by atoms with Gasteiger partial charge in [-0.3, -0.25) is 0 Å². The fourth-order valence-corrected chi connectivity index (χ4v) is 1.50. The molecule has 0 spiro atoms. The first-order valence-corrected chi connectivity index (χ1v) is 5.18. The van der Waals surface area contributed by atoms with Crippen LogP contribution in [0.5, 0.6) is 0 Å². The molecule has 70 valence electrons. The highest BCUT2D eigenvalue weighted by atomic mass is 14.0. The fraction of sp³-hybridized carbons (Fsp3) is 0.667. The molecule has 12 heavy (non-hydrogen) atoms. The number of hydrogen-bond acceptors (Lipinski definition) is 0. The van der Waals surface area contributed by atoms with Crippen LogP contribution in [0.15, 0.2) is 23.3 Å². The molecular weight excluding hydrogens is 144 g/mol. The van der Waals surface area contributed by atoms with Gasteiger partial charge in [0.1, 0.15) is 0 Å². The molecule has 0 atom stereocenters. The van der Waals surface area contributed by atoms with Gasteiger partial charge in [0, 0.05) is 0 Å². The Morgan fingerprint density at radius 2 is 1.08 bits per heavy atom. The molecule has 0 aromatic heterocycles. The highest BCUT2D eigenvalue weighted by molar-refractivity contribution is 5.30. The summed E-state index contributed by atoms with van der Waals surface area (Å²) in [6.07, 6.45) is 9.37. The highest BCUT2D eigenvalue weighted by Crippen LogP contribution is 2.18. The number of allylic oxidation sites excluding steroid dienone is 4. The van der Waals surface area contributed by atoms with Gasteiger partial charge in [-0.25, -0.2) is 0 Å². The minimum absolute atomic E-state index is 1.16. The van der Waals surface area contributed by atoms with E-state index in [1.165, 1.54) is 12.8 Å². The largest absolute Gasteiger partial charge is 0.0813 e. The van der Waals surface area contributed by atoms with E-state index in [2.05, 4.69) is 39.8 Å². The molecular formula is C12H22. The maximum absolute atomic E-state index is 2.35. The molecule has 0 N–H and O–H groups in total. The van der Waals surface area contributed by atoms with Crippen molar-refractivity contribution in [2.24, 2.45) is 0 Å². The van der Waals surface area contributed by atoms with E-state index in [1.54, 1.807) is 11.1 Å². The van der Waals surface area contributed by atoms with Gasteiger partial charge in [0.2, 0.25) is 0 Å². The van der Waals surface area contributed by atoms with Crippen molar-refractivity contribution in [3.05, 3.63) is 23.3 Å². The summed E-state index contributed by atoms with van der Waals surface area (Å²) in [5.74, 6) is 0. The summed E-state index contributed by atoms with van der Waals surface area (Å²) in [6, 6.07) is 0. The van der Waals surface area contributed by atoms with E-state index >= 15 is 0 Å². The Kier molecular flexibility index (Phi) is 6.84. The molecule has 0 aliphatic carbocycles. The molecule has 0 saturated carbocycles. The second-order valence-corrected chi connectivity index (χ2v) is 2.98. The van der Waals surface area contributed by atoms with Crippen LogP contribution in [0.1, 0.15) is 53.4 Å². The minimum Gasteiger partial charge on any atom is -0.0813 e. The summed E-state index contributed by atoms with van der Waals surface area (Å²) in [5, 5.41) is 0. The third-order valence-corrected chi connectivity index (χ3v) is 2.08. The lowest BCUT2D eigenvalue weighted by atomic mass is 9.99. The summed E-state index contributed by atoms with van der Waals surface area (Å²) >= 11 is 0. The first-order valence-electron chi connectivity index (χ1n) is 5.18. The zero-order chi connectivity index (χ0) is 9.40. The van der Waals surface area contributed by atoms with Crippen LogP contribution < -0.4 is 0 Å². The monoisotopic (exact) mass is 166 g/mol. The molecule has 0 fully saturated rings. The van der Waals surface area contributed by atoms with Crippen LogP contribution in [-0.4, -0.2) is 0 Å². The van der Waals surface area contributed by atoms with E-state index in [0.29, 0.717) is 0 Å². The Labute approximate surface area is 77.4 Å². The molecule has 0 aromatic carbocycles. The maximum Gasteiger partial charge on any atom is -0.0308 e. The van der Waals surface area contributed by atoms with Crippen LogP contribution in [0.3, 0.4) is 0 Å². The van der Waals surface area contributed by atoms with E-state index in [4.69, 9.17) is 0 Å². The van der Waals surface area contributed by atoms with E-state index in [9.17, 15) is 0 Å². The van der Waals surface area contributed by atoms with E-state index in [-0.39, 0.29) is 0 Å². The van der Waals surface area contributed by atoms with Crippen molar-refractivity contribution in [3.8, 4) is 0 Å². The number of hydrogen-bond donors (Lipinski definition) is 0. The third-order valence-electron chi connectivity index (χ3n) is 2.08. The van der Waals surface area contributed by atoms with Crippen molar-refractivity contribution in [1.82, 2.24) is 0 Å². The molecule has 0 amide bonds. The Hall–Kier alpha value is -0.520. The van der Waals surface area contributed by atoms with Gasteiger partial charge in [-0.1, -0.05) is 39.8 Å². The van der Waals surface area contributed by atoms with Gasteiger partial charge in [-0.15, -0.1) is 0 Å². The van der Waals surface area contributed by atoms with Crippen LogP contribution in [0.2, 0.25) is 0 Å². The topological polar surface area (TPSA) is 0 Å². The van der Waals surface area contributed by atoms with Gasteiger partial charge in [0.05, 0.1) is 0 Å². The minimum atomic E-state index is 1.16. The molecule has 0 aliphatic heterocycles. The Balaban J connectivity index is 4.44. The molecule has 0 heterocycles. The van der Waals surface area contributed by atoms with Crippen LogP contribution in [0.25, 0.3) is 0 Å². The van der Waals surface area contributed by atoms with Gasteiger partial charge >= 0.3 is 0 Å². The van der Waals surface area contributed by atoms with Crippen LogP contribution >= 0.6 is 0 Å². The Morgan fingerprint density at radius 1 is 0.750 bits per heavy atom. The van der Waals surface area contributed by atoms with Gasteiger partial charge < -0.3 is 0 Å². The van der Waals surface area contributed by atoms with E-state index in [1.807, 2.05) is 0 Å². The van der Waals surface area contributed by atoms with Crippen LogP contribution in [0.4, 0.5) is 0 Å². The molecule has 0 unspecified atom stereocenters. The molecule has 0 heteroatoms. The fourth-order valence-electron chi connectivity index (χ4n) is 1.50. The SMILES string of the molecule is CC/C=C(CC)/C(=C/CC)CC. The van der Waals surface area contributed by atoms with Crippen molar-refractivity contribution in [2.45, 2.75) is 53.4 Å². The average Bonchev–Trinajstić information content (AvgIpc) is 2.11. The second-order valence-electron chi connectivity index (χ2n) is 2.98. The average molecular weight is 166 g/mol. The van der Waals surface area contributed by atoms with Gasteiger partial charge in [0.25, 0.3) is 0 Å². The Morgan fingerprint density at radius 3 is 1.25 bits per heavy atom. The first kappa shape index (κ1) is 11.5. The summed E-state index contributed by atoms with van der Waals surface area (Å²) in [5.41, 5.74) is 3.09. The van der Waals surface area contributed by atoms with Crippen molar-refractivity contribution >= 4 is 0 Å². The lowest BCUT2D eigenvalue weighted by Crippen LogP contribution is -1.87. The van der Waals surface area contributed by atoms with Crippen molar-refractivity contribution in [2.75, 3.05) is 0 Å². The van der Waals surface area contributed by atoms with E-state index < -0.39 is 0 Å². The maximum atomic E-state index is 2.35. The summed E-state index contributed by atoms with van der Waals surface area (Å²) in [7, 11) is 0. The highest BCUT2D eigenvalue weighted by Gasteiger charge is 1.98. The predicted molar refractivity (Wildman–Crippen MR) is 57.3 cm³/mol. The quantitative estimate of drug-likeness (QED) is 0.528. The predicted octanol–water partition coefficient (Wildman–Crippen LogP) is 4.48. The Bertz CT molecular complexity index is 141. The summed E-state index contributed by atoms with van der Waals surface area (Å²) in [6.45, 7) is 8.88. The second kappa shape index (κ2) is 7.15. The number of rotatable bonds is 5. The molecule has 0 saturated heterocycles. The molecule has 0 bridgehead atoms. The third kappa shape index (κ3) is 3.75. The zero-order valence-corrected chi connectivity index (χ0v) is 8.98. The van der Waals surface area contributed by atoms with Crippen LogP contribution in [0, 0.1) is 0 Å². The lowest BCUT2D eigenvalue weighted by Gasteiger charge is -2.07. The summed E-state index contributed by atoms with van der Waals surface area (Å²) in [4.78, 5) is 0. The molecule has 0 aromatic rings. The molecule has 0 radical (unpaired) electrons. The van der Waals surface area contributed by atoms with E-state index in [0.717, 1.165) is 12.8 Å². The van der Waals surface area contributed by atoms with Gasteiger partial charge in [-0.2, -0.15) is 0 Å². The zero-order valence-electron chi connectivity index (χ0n) is 8.98. The first-order chi connectivity index (χ1) is 5.79. The molecule has 0 aliphatic rings. The smallest absolute Gasteiger partial charge is 0.0308 e. The van der Waals surface area contributed by atoms with Crippen molar-refractivity contribution in [3.63, 3.8) is 0 Å². The van der Waals surface area contributed by atoms with Gasteiger partial charge in [0.15, 0.2) is 0 Å². The normalized spacial score (nSPS) is 13.7. The van der Waals surface area contributed by atoms with Gasteiger partial charge in [-0.05, 0) is 36.8 Å². The molecule has 0 nitrogen and oxygen atoms in total. The van der Waals surface area contributed by atoms with Crippen molar-refractivity contribution in [1.29, 1.82) is 0 Å². The van der Waals surface area contributed by atoms with Crippen LogP contribution in [-0.2, 0) is 0 Å². The standard InChI is InChI=1S/C12H22/c1-5-9-11(7-3)12(8-4)10-6-2/h9-10H,5-8H2,1-4H3/b11-9+,12-10+.